The predicted molar refractivity (Wildman–Crippen MR) is 84.7 cm³/mol. The van der Waals surface area contributed by atoms with Gasteiger partial charge in [0.25, 0.3) is 10.2 Å². The van der Waals surface area contributed by atoms with Gasteiger partial charge in [-0.3, -0.25) is 0 Å². The van der Waals surface area contributed by atoms with Gasteiger partial charge in [-0.2, -0.15) is 22.5 Å². The fraction of sp³-hybridized carbons (Fsp3) is 0.400. The first-order valence-corrected chi connectivity index (χ1v) is 8.93. The molecule has 0 atom stereocenters. The second-order valence-corrected chi connectivity index (χ2v) is 7.17. The number of nitrogens with one attached hydrogen (secondary N) is 1. The van der Waals surface area contributed by atoms with Crippen LogP contribution in [0.5, 0.6) is 0 Å². The van der Waals surface area contributed by atoms with Crippen molar-refractivity contribution in [1.29, 1.82) is 0 Å². The van der Waals surface area contributed by atoms with Crippen LogP contribution in [0, 0.1) is 0 Å². The Morgan fingerprint density at radius 2 is 1.82 bits per heavy atom. The van der Waals surface area contributed by atoms with E-state index >= 15 is 0 Å². The first-order chi connectivity index (χ1) is 10.6. The van der Waals surface area contributed by atoms with E-state index in [2.05, 4.69) is 9.82 Å². The summed E-state index contributed by atoms with van der Waals surface area (Å²) in [6, 6.07) is 9.73. The smallest absolute Gasteiger partial charge is 0.241 e. The van der Waals surface area contributed by atoms with Gasteiger partial charge in [-0.05, 0) is 25.0 Å². The molecule has 1 N–H and O–H groups in total. The molecular weight excluding hydrogens is 300 g/mol. The Kier molecular flexibility index (Phi) is 4.56. The third kappa shape index (κ3) is 3.55. The van der Waals surface area contributed by atoms with Gasteiger partial charge < -0.3 is 0 Å². The van der Waals surface area contributed by atoms with Crippen molar-refractivity contribution in [3.63, 3.8) is 0 Å². The quantitative estimate of drug-likeness (QED) is 0.911. The second kappa shape index (κ2) is 6.60. The zero-order chi connectivity index (χ0) is 15.4. The third-order valence-electron chi connectivity index (χ3n) is 3.77. The van der Waals surface area contributed by atoms with E-state index in [9.17, 15) is 8.42 Å². The molecule has 6 nitrogen and oxygen atoms in total. The molecule has 2 heterocycles. The Morgan fingerprint density at radius 1 is 1.09 bits per heavy atom. The highest BCUT2D eigenvalue weighted by Gasteiger charge is 2.23. The summed E-state index contributed by atoms with van der Waals surface area (Å²) in [6.45, 7) is 1.48. The maximum atomic E-state index is 12.2. The molecule has 3 rings (SSSR count). The van der Waals surface area contributed by atoms with E-state index in [0.717, 1.165) is 30.5 Å². The van der Waals surface area contributed by atoms with Crippen molar-refractivity contribution in [3.05, 3.63) is 48.3 Å². The summed E-state index contributed by atoms with van der Waals surface area (Å²) in [5.41, 5.74) is 1.79. The molecule has 118 valence electrons. The van der Waals surface area contributed by atoms with Gasteiger partial charge in [-0.1, -0.05) is 24.6 Å². The van der Waals surface area contributed by atoms with Crippen molar-refractivity contribution in [2.75, 3.05) is 13.1 Å². The normalized spacial score (nSPS) is 16.7. The lowest BCUT2D eigenvalue weighted by Gasteiger charge is -2.25. The molecule has 0 radical (unpaired) electrons. The molecule has 2 aromatic rings. The van der Waals surface area contributed by atoms with Crippen molar-refractivity contribution in [2.24, 2.45) is 0 Å². The summed E-state index contributed by atoms with van der Waals surface area (Å²) in [7, 11) is -3.39. The minimum Gasteiger partial charge on any atom is -0.241 e. The molecule has 0 saturated carbocycles. The summed E-state index contributed by atoms with van der Waals surface area (Å²) in [4.78, 5) is 0. The SMILES string of the molecule is O=S(=O)(NCc1cnn(-c2ccccc2)c1)N1CCCCC1. The minimum atomic E-state index is -3.39. The van der Waals surface area contributed by atoms with E-state index in [0.29, 0.717) is 13.1 Å². The van der Waals surface area contributed by atoms with E-state index in [1.807, 2.05) is 36.5 Å². The van der Waals surface area contributed by atoms with E-state index in [1.165, 1.54) is 4.31 Å². The van der Waals surface area contributed by atoms with Crippen LogP contribution >= 0.6 is 0 Å². The van der Waals surface area contributed by atoms with E-state index in [-0.39, 0.29) is 6.54 Å². The Bertz CT molecular complexity index is 706. The van der Waals surface area contributed by atoms with Crippen LogP contribution in [0.4, 0.5) is 0 Å². The fourth-order valence-electron chi connectivity index (χ4n) is 2.54. The molecule has 0 spiro atoms. The van der Waals surface area contributed by atoms with Crippen LogP contribution in [0.3, 0.4) is 0 Å². The van der Waals surface area contributed by atoms with Crippen LogP contribution in [-0.2, 0) is 16.8 Å². The zero-order valence-corrected chi connectivity index (χ0v) is 13.2. The number of aromatic nitrogens is 2. The predicted octanol–water partition coefficient (Wildman–Crippen LogP) is 1.69. The number of rotatable bonds is 5. The van der Waals surface area contributed by atoms with Gasteiger partial charge in [0.15, 0.2) is 0 Å². The van der Waals surface area contributed by atoms with Crippen LogP contribution in [0.2, 0.25) is 0 Å². The van der Waals surface area contributed by atoms with Crippen molar-refractivity contribution in [1.82, 2.24) is 18.8 Å². The van der Waals surface area contributed by atoms with Gasteiger partial charge in [-0.25, -0.2) is 4.68 Å². The molecule has 1 aromatic carbocycles. The number of piperidine rings is 1. The van der Waals surface area contributed by atoms with Gasteiger partial charge in [0.2, 0.25) is 0 Å². The van der Waals surface area contributed by atoms with Crippen molar-refractivity contribution < 1.29 is 8.42 Å². The zero-order valence-electron chi connectivity index (χ0n) is 12.4. The highest BCUT2D eigenvalue weighted by Crippen LogP contribution is 2.13. The molecule has 1 saturated heterocycles. The van der Waals surface area contributed by atoms with Crippen LogP contribution < -0.4 is 4.72 Å². The number of nitrogens with zero attached hydrogens (tertiary/aromatic N) is 3. The van der Waals surface area contributed by atoms with Gasteiger partial charge in [0.1, 0.15) is 0 Å². The topological polar surface area (TPSA) is 67.2 Å². The molecule has 7 heteroatoms. The second-order valence-electron chi connectivity index (χ2n) is 5.41. The molecule has 1 fully saturated rings. The largest absolute Gasteiger partial charge is 0.279 e. The number of benzene rings is 1. The van der Waals surface area contributed by atoms with E-state index in [4.69, 9.17) is 0 Å². The molecular formula is C15H20N4O2S. The van der Waals surface area contributed by atoms with E-state index < -0.39 is 10.2 Å². The standard InChI is InChI=1S/C15H20N4O2S/c20-22(21,18-9-5-2-6-10-18)17-12-14-11-16-19(13-14)15-7-3-1-4-8-15/h1,3-4,7-8,11,13,17H,2,5-6,9-10,12H2. The average molecular weight is 320 g/mol. The molecule has 1 aliphatic heterocycles. The lowest BCUT2D eigenvalue weighted by Crippen LogP contribution is -2.43. The average Bonchev–Trinajstić information content (AvgIpc) is 3.04. The van der Waals surface area contributed by atoms with E-state index in [1.54, 1.807) is 10.9 Å². The van der Waals surface area contributed by atoms with Crippen LogP contribution in [0.1, 0.15) is 24.8 Å². The molecule has 0 aliphatic carbocycles. The van der Waals surface area contributed by atoms with Gasteiger partial charge in [-0.15, -0.1) is 0 Å². The van der Waals surface area contributed by atoms with Gasteiger partial charge in [0.05, 0.1) is 11.9 Å². The van der Waals surface area contributed by atoms with Crippen LogP contribution in [0.25, 0.3) is 5.69 Å². The number of para-hydroxylation sites is 1. The fourth-order valence-corrected chi connectivity index (χ4v) is 3.81. The molecule has 0 amide bonds. The summed E-state index contributed by atoms with van der Waals surface area (Å²) in [5.74, 6) is 0. The summed E-state index contributed by atoms with van der Waals surface area (Å²) in [5, 5.41) is 4.27. The van der Waals surface area contributed by atoms with Crippen molar-refractivity contribution in [3.8, 4) is 5.69 Å². The van der Waals surface area contributed by atoms with Crippen molar-refractivity contribution in [2.45, 2.75) is 25.8 Å². The molecule has 1 aromatic heterocycles. The van der Waals surface area contributed by atoms with Gasteiger partial charge in [0, 0.05) is 31.4 Å². The highest BCUT2D eigenvalue weighted by atomic mass is 32.2. The Labute approximate surface area is 130 Å². The Hall–Kier alpha value is -1.70. The summed E-state index contributed by atoms with van der Waals surface area (Å²) >= 11 is 0. The summed E-state index contributed by atoms with van der Waals surface area (Å²) in [6.07, 6.45) is 6.51. The highest BCUT2D eigenvalue weighted by molar-refractivity contribution is 7.87. The van der Waals surface area contributed by atoms with Crippen molar-refractivity contribution >= 4 is 10.2 Å². The molecule has 0 unspecified atom stereocenters. The maximum Gasteiger partial charge on any atom is 0.279 e. The molecule has 1 aliphatic rings. The Morgan fingerprint density at radius 3 is 2.55 bits per heavy atom. The lowest BCUT2D eigenvalue weighted by atomic mass is 10.2. The maximum absolute atomic E-state index is 12.2. The monoisotopic (exact) mass is 320 g/mol. The summed E-state index contributed by atoms with van der Waals surface area (Å²) < 4.78 is 30.4. The van der Waals surface area contributed by atoms with Crippen LogP contribution in [-0.4, -0.2) is 35.6 Å². The van der Waals surface area contributed by atoms with Gasteiger partial charge >= 0.3 is 0 Å². The first kappa shape index (κ1) is 15.2. The molecule has 0 bridgehead atoms. The molecule has 22 heavy (non-hydrogen) atoms. The number of hydrogen-bond acceptors (Lipinski definition) is 3. The minimum absolute atomic E-state index is 0.256. The lowest BCUT2D eigenvalue weighted by molar-refractivity contribution is 0.341. The number of hydrogen-bond donors (Lipinski definition) is 1. The third-order valence-corrected chi connectivity index (χ3v) is 5.32. The Balaban J connectivity index is 1.63. The first-order valence-electron chi connectivity index (χ1n) is 7.49. The van der Waals surface area contributed by atoms with Crippen LogP contribution in [0.15, 0.2) is 42.7 Å².